The number of carbonyl (C=O) groups excluding carboxylic acids is 1. The molecule has 0 aromatic heterocycles. The van der Waals surface area contributed by atoms with Gasteiger partial charge in [0.1, 0.15) is 0 Å². The Morgan fingerprint density at radius 3 is 1.95 bits per heavy atom. The lowest BCUT2D eigenvalue weighted by atomic mass is 10.1. The average Bonchev–Trinajstić information content (AvgIpc) is 2.49. The maximum atomic E-state index is 11.3. The molecule has 2 N–H and O–H groups in total. The van der Waals surface area contributed by atoms with Crippen LogP contribution < -0.4 is 10.6 Å². The van der Waals surface area contributed by atoms with Crippen LogP contribution in [0.3, 0.4) is 0 Å². The van der Waals surface area contributed by atoms with Crippen LogP contribution >= 0.6 is 0 Å². The molecule has 0 heterocycles. The Labute approximate surface area is 132 Å². The number of amides is 2. The average molecular weight is 296 g/mol. The predicted octanol–water partition coefficient (Wildman–Crippen LogP) is 5.17. The molecule has 0 atom stereocenters. The molecule has 0 radical (unpaired) electrons. The van der Waals surface area contributed by atoms with Crippen LogP contribution in [0.25, 0.3) is 0 Å². The molecule has 0 aliphatic rings. The summed E-state index contributed by atoms with van der Waals surface area (Å²) in [6.45, 7) is 5.86. The molecular formula is C18H36N2O. The molecule has 124 valence electrons. The molecule has 3 nitrogen and oxygen atoms in total. The number of nitrogens with one attached hydrogen (secondary N) is 2. The van der Waals surface area contributed by atoms with Crippen LogP contribution in [0.1, 0.15) is 84.5 Å². The second-order valence-corrected chi connectivity index (χ2v) is 5.71. The zero-order valence-corrected chi connectivity index (χ0v) is 14.3. The summed E-state index contributed by atoms with van der Waals surface area (Å²) in [6.07, 6.45) is 18.3. The molecule has 0 bridgehead atoms. The fourth-order valence-corrected chi connectivity index (χ4v) is 2.15. The van der Waals surface area contributed by atoms with Gasteiger partial charge in [0.2, 0.25) is 0 Å². The van der Waals surface area contributed by atoms with Crippen LogP contribution in [0, 0.1) is 0 Å². The molecule has 3 heteroatoms. The highest BCUT2D eigenvalue weighted by Gasteiger charge is 1.97. The number of urea groups is 1. The van der Waals surface area contributed by atoms with Crippen LogP contribution in [0.2, 0.25) is 0 Å². The summed E-state index contributed by atoms with van der Waals surface area (Å²) < 4.78 is 0. The fraction of sp³-hybridized carbons (Fsp3) is 0.833. The van der Waals surface area contributed by atoms with Gasteiger partial charge in [-0.3, -0.25) is 0 Å². The quantitative estimate of drug-likeness (QED) is 0.337. The summed E-state index contributed by atoms with van der Waals surface area (Å²) in [5, 5.41) is 5.71. The molecule has 21 heavy (non-hydrogen) atoms. The Kier molecular flexibility index (Phi) is 16.3. The van der Waals surface area contributed by atoms with E-state index in [0.29, 0.717) is 0 Å². The van der Waals surface area contributed by atoms with Gasteiger partial charge in [-0.25, -0.2) is 4.79 Å². The minimum atomic E-state index is -0.0216. The van der Waals surface area contributed by atoms with Crippen molar-refractivity contribution in [3.8, 4) is 0 Å². The second-order valence-electron chi connectivity index (χ2n) is 5.71. The van der Waals surface area contributed by atoms with E-state index in [1.807, 2.05) is 0 Å². The number of carbonyl (C=O) groups is 1. The molecule has 0 saturated heterocycles. The van der Waals surface area contributed by atoms with Crippen molar-refractivity contribution in [2.24, 2.45) is 0 Å². The molecule has 0 spiro atoms. The second kappa shape index (κ2) is 17.1. The standard InChI is InChI=1S/C18H36N2O/c1-3-5-6-7-8-9-10-11-12-13-14-15-17-20-18(21)19-16-4-2/h7-8H,3-6,9-17H2,1-2H3,(H2,19,20,21)/b8-7-. The fourth-order valence-electron chi connectivity index (χ4n) is 2.15. The van der Waals surface area contributed by atoms with E-state index < -0.39 is 0 Å². The molecular weight excluding hydrogens is 260 g/mol. The molecule has 0 fully saturated rings. The van der Waals surface area contributed by atoms with Crippen molar-refractivity contribution in [2.45, 2.75) is 84.5 Å². The number of hydrogen-bond donors (Lipinski definition) is 2. The Morgan fingerprint density at radius 1 is 0.714 bits per heavy atom. The molecule has 0 aliphatic carbocycles. The number of hydrogen-bond acceptors (Lipinski definition) is 1. The first kappa shape index (κ1) is 20.0. The third-order valence-corrected chi connectivity index (χ3v) is 3.51. The topological polar surface area (TPSA) is 41.1 Å². The van der Waals surface area contributed by atoms with E-state index >= 15 is 0 Å². The maximum Gasteiger partial charge on any atom is 0.314 e. The van der Waals surface area contributed by atoms with Gasteiger partial charge in [0.05, 0.1) is 0 Å². The van der Waals surface area contributed by atoms with E-state index in [-0.39, 0.29) is 6.03 Å². The lowest BCUT2D eigenvalue weighted by Gasteiger charge is -2.06. The Hall–Kier alpha value is -0.990. The first-order valence-electron chi connectivity index (χ1n) is 8.98. The van der Waals surface area contributed by atoms with Gasteiger partial charge in [-0.2, -0.15) is 0 Å². The van der Waals surface area contributed by atoms with E-state index in [1.54, 1.807) is 0 Å². The number of unbranched alkanes of at least 4 members (excludes halogenated alkanes) is 8. The van der Waals surface area contributed by atoms with Crippen molar-refractivity contribution >= 4 is 6.03 Å². The smallest absolute Gasteiger partial charge is 0.314 e. The summed E-state index contributed by atoms with van der Waals surface area (Å²) in [5.74, 6) is 0. The van der Waals surface area contributed by atoms with Crippen molar-refractivity contribution in [3.05, 3.63) is 12.2 Å². The van der Waals surface area contributed by atoms with Gasteiger partial charge in [0.15, 0.2) is 0 Å². The third-order valence-electron chi connectivity index (χ3n) is 3.51. The first-order chi connectivity index (χ1) is 10.3. The van der Waals surface area contributed by atoms with Crippen LogP contribution in [-0.2, 0) is 0 Å². The minimum absolute atomic E-state index is 0.0216. The van der Waals surface area contributed by atoms with Crippen molar-refractivity contribution in [1.82, 2.24) is 10.6 Å². The van der Waals surface area contributed by atoms with E-state index in [1.165, 1.54) is 57.8 Å². The zero-order chi connectivity index (χ0) is 15.6. The van der Waals surface area contributed by atoms with Crippen LogP contribution in [-0.4, -0.2) is 19.1 Å². The van der Waals surface area contributed by atoms with Crippen LogP contribution in [0.4, 0.5) is 4.79 Å². The highest BCUT2D eigenvalue weighted by atomic mass is 16.2. The molecule has 2 amide bonds. The molecule has 0 unspecified atom stereocenters. The first-order valence-corrected chi connectivity index (χ1v) is 8.98. The Balaban J connectivity index is 3.12. The van der Waals surface area contributed by atoms with Crippen molar-refractivity contribution in [1.29, 1.82) is 0 Å². The highest BCUT2D eigenvalue weighted by Crippen LogP contribution is 2.07. The summed E-state index contributed by atoms with van der Waals surface area (Å²) >= 11 is 0. The van der Waals surface area contributed by atoms with E-state index in [2.05, 4.69) is 36.6 Å². The summed E-state index contributed by atoms with van der Waals surface area (Å²) in [5.41, 5.74) is 0. The van der Waals surface area contributed by atoms with Gasteiger partial charge < -0.3 is 10.6 Å². The van der Waals surface area contributed by atoms with Crippen LogP contribution in [0.15, 0.2) is 12.2 Å². The summed E-state index contributed by atoms with van der Waals surface area (Å²) in [6, 6.07) is -0.0216. The number of rotatable bonds is 14. The van der Waals surface area contributed by atoms with E-state index in [0.717, 1.165) is 25.9 Å². The number of allylic oxidation sites excluding steroid dienone is 2. The van der Waals surface area contributed by atoms with Crippen molar-refractivity contribution in [2.75, 3.05) is 13.1 Å². The van der Waals surface area contributed by atoms with Crippen LogP contribution in [0.5, 0.6) is 0 Å². The van der Waals surface area contributed by atoms with Gasteiger partial charge >= 0.3 is 6.03 Å². The largest absolute Gasteiger partial charge is 0.338 e. The zero-order valence-electron chi connectivity index (χ0n) is 14.3. The van der Waals surface area contributed by atoms with Crippen molar-refractivity contribution < 1.29 is 4.79 Å². The van der Waals surface area contributed by atoms with Gasteiger partial charge in [0.25, 0.3) is 0 Å². The molecule has 0 aliphatic heterocycles. The third kappa shape index (κ3) is 17.0. The van der Waals surface area contributed by atoms with E-state index in [9.17, 15) is 4.79 Å². The summed E-state index contributed by atoms with van der Waals surface area (Å²) in [7, 11) is 0. The highest BCUT2D eigenvalue weighted by molar-refractivity contribution is 5.73. The van der Waals surface area contributed by atoms with Gasteiger partial charge in [-0.05, 0) is 32.1 Å². The molecule has 0 saturated carbocycles. The van der Waals surface area contributed by atoms with Crippen molar-refractivity contribution in [3.63, 3.8) is 0 Å². The van der Waals surface area contributed by atoms with Gasteiger partial charge in [-0.15, -0.1) is 0 Å². The van der Waals surface area contributed by atoms with Gasteiger partial charge in [0, 0.05) is 13.1 Å². The monoisotopic (exact) mass is 296 g/mol. The lowest BCUT2D eigenvalue weighted by Crippen LogP contribution is -2.36. The van der Waals surface area contributed by atoms with Gasteiger partial charge in [-0.1, -0.05) is 64.5 Å². The molecule has 0 rings (SSSR count). The molecule has 0 aromatic rings. The molecule has 0 aromatic carbocycles. The Bertz CT molecular complexity index is 252. The summed E-state index contributed by atoms with van der Waals surface area (Å²) in [4.78, 5) is 11.3. The van der Waals surface area contributed by atoms with E-state index in [4.69, 9.17) is 0 Å². The maximum absolute atomic E-state index is 11.3. The minimum Gasteiger partial charge on any atom is -0.338 e. The lowest BCUT2D eigenvalue weighted by molar-refractivity contribution is 0.240. The Morgan fingerprint density at radius 2 is 1.29 bits per heavy atom. The normalized spacial score (nSPS) is 11.0. The SMILES string of the molecule is CCCC/C=C\CCCCCCCCNC(=O)NCCC. The predicted molar refractivity (Wildman–Crippen MR) is 92.7 cm³/mol.